The first-order chi connectivity index (χ1) is 9.54. The van der Waals surface area contributed by atoms with E-state index < -0.39 is 0 Å². The molecule has 2 heteroatoms. The van der Waals surface area contributed by atoms with Gasteiger partial charge in [-0.1, -0.05) is 0 Å². The van der Waals surface area contributed by atoms with Crippen LogP contribution in [-0.4, -0.2) is 0 Å². The maximum Gasteiger partial charge on any atom is 0.0354 e. The minimum atomic E-state index is 1.40. The number of aryl methyl sites for hydroxylation is 4. The minimum Gasteiger partial charge on any atom is -0.141 e. The molecule has 2 aromatic carbocycles. The fourth-order valence-corrected chi connectivity index (χ4v) is 5.24. The Balaban J connectivity index is 2.29. The van der Waals surface area contributed by atoms with Crippen molar-refractivity contribution in [2.75, 3.05) is 0 Å². The van der Waals surface area contributed by atoms with Gasteiger partial charge in [-0.2, -0.15) is 0 Å². The summed E-state index contributed by atoms with van der Waals surface area (Å²) in [5.74, 6) is 0. The van der Waals surface area contributed by atoms with E-state index >= 15 is 0 Å². The zero-order valence-electron chi connectivity index (χ0n) is 12.1. The Morgan fingerprint density at radius 2 is 0.950 bits per heavy atom. The first kappa shape index (κ1) is 12.4. The van der Waals surface area contributed by atoms with Gasteiger partial charge in [0.2, 0.25) is 0 Å². The third-order valence-corrected chi connectivity index (χ3v) is 6.22. The van der Waals surface area contributed by atoms with Crippen LogP contribution < -0.4 is 0 Å². The van der Waals surface area contributed by atoms with E-state index in [4.69, 9.17) is 0 Å². The lowest BCUT2D eigenvalue weighted by Gasteiger charge is -2.08. The molecule has 0 aliphatic heterocycles. The average Bonchev–Trinajstić information content (AvgIpc) is 2.94. The Hall–Kier alpha value is -1.38. The number of benzene rings is 2. The van der Waals surface area contributed by atoms with Crippen molar-refractivity contribution in [2.24, 2.45) is 0 Å². The summed E-state index contributed by atoms with van der Waals surface area (Å²) in [5.41, 5.74) is 2.86. The minimum absolute atomic E-state index is 1.40. The van der Waals surface area contributed by atoms with E-state index in [9.17, 15) is 0 Å². The first-order valence-corrected chi connectivity index (χ1v) is 8.51. The highest BCUT2D eigenvalue weighted by molar-refractivity contribution is 7.19. The van der Waals surface area contributed by atoms with Crippen LogP contribution in [0.1, 0.15) is 20.9 Å². The number of fused-ring (bicyclic) bond motifs is 3. The summed E-state index contributed by atoms with van der Waals surface area (Å²) < 4.78 is 2.84. The van der Waals surface area contributed by atoms with Crippen LogP contribution in [0, 0.1) is 27.7 Å². The van der Waals surface area contributed by atoms with Crippen LogP contribution in [0.3, 0.4) is 0 Å². The molecule has 0 radical (unpaired) electrons. The highest BCUT2D eigenvalue weighted by atomic mass is 32.1. The Morgan fingerprint density at radius 1 is 0.550 bits per heavy atom. The van der Waals surface area contributed by atoms with Crippen LogP contribution in [0.15, 0.2) is 24.3 Å². The van der Waals surface area contributed by atoms with E-state index in [1.165, 1.54) is 51.8 Å². The van der Waals surface area contributed by atoms with Crippen molar-refractivity contribution in [3.05, 3.63) is 45.1 Å². The van der Waals surface area contributed by atoms with Crippen LogP contribution in [-0.2, 0) is 0 Å². The second-order valence-corrected chi connectivity index (χ2v) is 8.21. The van der Waals surface area contributed by atoms with E-state index in [1.54, 1.807) is 0 Å². The van der Waals surface area contributed by atoms with Crippen molar-refractivity contribution in [2.45, 2.75) is 27.7 Å². The van der Waals surface area contributed by atoms with Crippen LogP contribution in [0.25, 0.3) is 30.9 Å². The van der Waals surface area contributed by atoms with E-state index in [0.29, 0.717) is 0 Å². The van der Waals surface area contributed by atoms with Gasteiger partial charge in [0.25, 0.3) is 0 Å². The van der Waals surface area contributed by atoms with Gasteiger partial charge in [-0.15, -0.1) is 22.7 Å². The number of thiophene rings is 2. The molecule has 0 fully saturated rings. The quantitative estimate of drug-likeness (QED) is 0.347. The lowest BCUT2D eigenvalue weighted by atomic mass is 9.97. The zero-order chi connectivity index (χ0) is 14.0. The third-order valence-electron chi connectivity index (χ3n) is 4.23. The SMILES string of the molecule is Cc1cc2c(C)c3cc4sc(C)cc4c(C)c3cc2s1. The predicted molar refractivity (Wildman–Crippen MR) is 93.7 cm³/mol. The molecule has 0 unspecified atom stereocenters. The van der Waals surface area contributed by atoms with Gasteiger partial charge >= 0.3 is 0 Å². The maximum absolute atomic E-state index is 2.39. The number of hydrogen-bond donors (Lipinski definition) is 0. The van der Waals surface area contributed by atoms with Crippen molar-refractivity contribution in [1.82, 2.24) is 0 Å². The Labute approximate surface area is 126 Å². The monoisotopic (exact) mass is 296 g/mol. The molecule has 0 spiro atoms. The average molecular weight is 296 g/mol. The molecule has 0 N–H and O–H groups in total. The van der Waals surface area contributed by atoms with Gasteiger partial charge in [-0.3, -0.25) is 0 Å². The Kier molecular flexibility index (Phi) is 2.51. The van der Waals surface area contributed by atoms with Crippen LogP contribution in [0.5, 0.6) is 0 Å². The normalized spacial score (nSPS) is 12.0. The highest BCUT2D eigenvalue weighted by Crippen LogP contribution is 2.39. The van der Waals surface area contributed by atoms with Gasteiger partial charge in [-0.25, -0.2) is 0 Å². The van der Waals surface area contributed by atoms with Crippen LogP contribution >= 0.6 is 22.7 Å². The topological polar surface area (TPSA) is 0 Å². The molecule has 0 saturated carbocycles. The zero-order valence-corrected chi connectivity index (χ0v) is 13.8. The molecular formula is C18H16S2. The molecule has 0 atom stereocenters. The molecule has 4 aromatic rings. The summed E-state index contributed by atoms with van der Waals surface area (Å²) in [6.45, 7) is 8.93. The fraction of sp³-hybridized carbons (Fsp3) is 0.222. The second kappa shape index (κ2) is 4.06. The molecule has 2 aromatic heterocycles. The van der Waals surface area contributed by atoms with Crippen molar-refractivity contribution in [3.63, 3.8) is 0 Å². The Morgan fingerprint density at radius 3 is 1.35 bits per heavy atom. The summed E-state index contributed by atoms with van der Waals surface area (Å²) in [6.07, 6.45) is 0. The lowest BCUT2D eigenvalue weighted by Crippen LogP contribution is -1.84. The van der Waals surface area contributed by atoms with Gasteiger partial charge in [0, 0.05) is 19.2 Å². The molecule has 0 aliphatic carbocycles. The second-order valence-electron chi connectivity index (χ2n) is 5.64. The molecule has 0 nitrogen and oxygen atoms in total. The summed E-state index contributed by atoms with van der Waals surface area (Å²) in [6, 6.07) is 9.43. The maximum atomic E-state index is 2.39. The molecule has 2 heterocycles. The molecule has 0 bridgehead atoms. The Bertz CT molecular complexity index is 902. The van der Waals surface area contributed by atoms with Crippen LogP contribution in [0.4, 0.5) is 0 Å². The summed E-state index contributed by atoms with van der Waals surface area (Å²) in [5, 5.41) is 5.68. The standard InChI is InChI=1S/C18H16S2/c1-9-5-15-11(3)14-8-18-16(6-10(2)20-18)12(4)13(14)7-17(15)19-9/h5-8H,1-4H3. The molecule has 100 valence electrons. The van der Waals surface area contributed by atoms with Gasteiger partial charge < -0.3 is 0 Å². The smallest absolute Gasteiger partial charge is 0.0354 e. The van der Waals surface area contributed by atoms with Gasteiger partial charge in [0.05, 0.1) is 0 Å². The van der Waals surface area contributed by atoms with Crippen molar-refractivity contribution in [1.29, 1.82) is 0 Å². The van der Waals surface area contributed by atoms with Crippen molar-refractivity contribution >= 4 is 53.6 Å². The lowest BCUT2D eigenvalue weighted by molar-refractivity contribution is 1.56. The number of hydrogen-bond acceptors (Lipinski definition) is 2. The van der Waals surface area contributed by atoms with E-state index in [1.807, 2.05) is 22.7 Å². The molecule has 0 aliphatic rings. The van der Waals surface area contributed by atoms with E-state index in [2.05, 4.69) is 52.0 Å². The summed E-state index contributed by atoms with van der Waals surface area (Å²) in [7, 11) is 0. The molecule has 0 saturated heterocycles. The highest BCUT2D eigenvalue weighted by Gasteiger charge is 2.12. The molecule has 0 amide bonds. The summed E-state index contributed by atoms with van der Waals surface area (Å²) >= 11 is 3.81. The van der Waals surface area contributed by atoms with Gasteiger partial charge in [-0.05, 0) is 84.6 Å². The predicted octanol–water partition coefficient (Wildman–Crippen LogP) is 6.50. The number of rotatable bonds is 0. The summed E-state index contributed by atoms with van der Waals surface area (Å²) in [4.78, 5) is 2.79. The van der Waals surface area contributed by atoms with E-state index in [0.717, 1.165) is 0 Å². The van der Waals surface area contributed by atoms with Gasteiger partial charge in [0.1, 0.15) is 0 Å². The molecule has 4 rings (SSSR count). The van der Waals surface area contributed by atoms with Crippen LogP contribution in [0.2, 0.25) is 0 Å². The van der Waals surface area contributed by atoms with Gasteiger partial charge in [0.15, 0.2) is 0 Å². The molecule has 20 heavy (non-hydrogen) atoms. The molecular weight excluding hydrogens is 280 g/mol. The first-order valence-electron chi connectivity index (χ1n) is 6.88. The third kappa shape index (κ3) is 1.58. The van der Waals surface area contributed by atoms with E-state index in [-0.39, 0.29) is 0 Å². The largest absolute Gasteiger partial charge is 0.141 e. The fourth-order valence-electron chi connectivity index (χ4n) is 3.19. The van der Waals surface area contributed by atoms with Crippen molar-refractivity contribution in [3.8, 4) is 0 Å². The van der Waals surface area contributed by atoms with Crippen molar-refractivity contribution < 1.29 is 0 Å².